The minimum atomic E-state index is -3.61. The van der Waals surface area contributed by atoms with E-state index in [9.17, 15) is 28.4 Å². The van der Waals surface area contributed by atoms with E-state index in [2.05, 4.69) is 16.8 Å². The number of ether oxygens (including phenoxy) is 3. The molecule has 1 aromatic carbocycles. The predicted molar refractivity (Wildman–Crippen MR) is 141 cm³/mol. The van der Waals surface area contributed by atoms with Gasteiger partial charge in [-0.1, -0.05) is 6.58 Å². The van der Waals surface area contributed by atoms with Crippen molar-refractivity contribution in [2.45, 2.75) is 25.3 Å². The van der Waals surface area contributed by atoms with E-state index >= 15 is 0 Å². The average Bonchev–Trinajstić information content (AvgIpc) is 2.89. The lowest BCUT2D eigenvalue weighted by atomic mass is 10.1. The van der Waals surface area contributed by atoms with Gasteiger partial charge in [0, 0.05) is 25.2 Å². The van der Waals surface area contributed by atoms with Crippen molar-refractivity contribution < 1.29 is 32.5 Å². The summed E-state index contributed by atoms with van der Waals surface area (Å²) in [5.41, 5.74) is -0.257. The quantitative estimate of drug-likeness (QED) is 0.157. The average molecular weight is 562 g/mol. The number of pyridine rings is 1. The van der Waals surface area contributed by atoms with Crippen LogP contribution in [-0.4, -0.2) is 75.5 Å². The molecule has 0 atom stereocenters. The van der Waals surface area contributed by atoms with E-state index in [1.54, 1.807) is 6.92 Å². The molecule has 0 aliphatic carbocycles. The molecule has 39 heavy (non-hydrogen) atoms. The molecule has 1 heterocycles. The zero-order valence-corrected chi connectivity index (χ0v) is 23.0. The second-order valence-electron chi connectivity index (χ2n) is 8.36. The van der Waals surface area contributed by atoms with Crippen LogP contribution in [0.2, 0.25) is 0 Å². The number of nitriles is 1. The van der Waals surface area contributed by atoms with Crippen LogP contribution >= 0.6 is 0 Å². The Labute approximate surface area is 226 Å². The molecule has 2 aromatic rings. The number of aromatic nitrogens is 1. The highest BCUT2D eigenvalue weighted by Crippen LogP contribution is 2.32. The first-order valence-electron chi connectivity index (χ1n) is 11.7. The van der Waals surface area contributed by atoms with E-state index in [0.717, 1.165) is 8.87 Å². The number of hydrogen-bond acceptors (Lipinski definition) is 11. The number of aromatic hydroxyl groups is 1. The molecule has 2 rings (SSSR count). The summed E-state index contributed by atoms with van der Waals surface area (Å²) in [7, 11) is -0.775. The molecule has 1 aromatic heterocycles. The van der Waals surface area contributed by atoms with Gasteiger partial charge in [-0.3, -0.25) is 9.36 Å². The maximum absolute atomic E-state index is 12.7. The summed E-state index contributed by atoms with van der Waals surface area (Å²) >= 11 is 0. The molecular formula is C25H31N5O8S. The van der Waals surface area contributed by atoms with Crippen molar-refractivity contribution in [1.29, 1.82) is 5.26 Å². The van der Waals surface area contributed by atoms with Crippen LogP contribution in [-0.2, 0) is 35.6 Å². The van der Waals surface area contributed by atoms with Gasteiger partial charge in [0.2, 0.25) is 15.9 Å². The van der Waals surface area contributed by atoms with Gasteiger partial charge in [0.15, 0.2) is 5.69 Å². The van der Waals surface area contributed by atoms with E-state index < -0.39 is 27.4 Å². The minimum absolute atomic E-state index is 0.0216. The van der Waals surface area contributed by atoms with Crippen LogP contribution in [0.5, 0.6) is 5.88 Å². The van der Waals surface area contributed by atoms with Crippen molar-refractivity contribution >= 4 is 27.4 Å². The van der Waals surface area contributed by atoms with Gasteiger partial charge in [-0.2, -0.15) is 10.4 Å². The number of benzene rings is 1. The molecular weight excluding hydrogens is 530 g/mol. The number of nitrogens with zero attached hydrogens (tertiary/aromatic N) is 5. The highest BCUT2D eigenvalue weighted by atomic mass is 32.2. The number of esters is 1. The second kappa shape index (κ2) is 14.3. The van der Waals surface area contributed by atoms with Gasteiger partial charge in [-0.25, -0.2) is 17.5 Å². The molecule has 0 aliphatic rings. The molecule has 0 saturated heterocycles. The number of carbonyl (C=O) groups excluding carboxylic acids is 1. The molecule has 0 unspecified atom stereocenters. The number of carbonyl (C=O) groups is 1. The lowest BCUT2D eigenvalue weighted by molar-refractivity contribution is -0.140. The highest BCUT2D eigenvalue weighted by molar-refractivity contribution is 7.89. The van der Waals surface area contributed by atoms with E-state index in [4.69, 9.17) is 14.2 Å². The minimum Gasteiger partial charge on any atom is -0.493 e. The molecule has 0 saturated carbocycles. The van der Waals surface area contributed by atoms with Gasteiger partial charge in [-0.05, 0) is 38.1 Å². The fraction of sp³-hybridized carbons (Fsp3) is 0.400. The second-order valence-corrected chi connectivity index (χ2v) is 10.5. The van der Waals surface area contributed by atoms with Crippen LogP contribution in [0.25, 0.3) is 0 Å². The Kier molecular flexibility index (Phi) is 11.5. The third kappa shape index (κ3) is 8.29. The van der Waals surface area contributed by atoms with Gasteiger partial charge in [0.1, 0.15) is 18.2 Å². The molecule has 210 valence electrons. The number of hydrogen-bond donors (Lipinski definition) is 1. The van der Waals surface area contributed by atoms with Crippen LogP contribution in [0.4, 0.5) is 11.4 Å². The Hall–Kier alpha value is -3.90. The molecule has 0 amide bonds. The van der Waals surface area contributed by atoms with Crippen molar-refractivity contribution in [2.24, 2.45) is 10.2 Å². The Morgan fingerprint density at radius 3 is 2.26 bits per heavy atom. The van der Waals surface area contributed by atoms with E-state index in [0.29, 0.717) is 11.3 Å². The maximum atomic E-state index is 12.7. The number of azo groups is 1. The van der Waals surface area contributed by atoms with Gasteiger partial charge < -0.3 is 19.3 Å². The number of rotatable bonds is 14. The van der Waals surface area contributed by atoms with Crippen LogP contribution in [0.15, 0.2) is 56.3 Å². The molecule has 1 N–H and O–H groups in total. The van der Waals surface area contributed by atoms with Crippen molar-refractivity contribution in [3.05, 3.63) is 57.9 Å². The first kappa shape index (κ1) is 31.3. The molecule has 0 fully saturated rings. The van der Waals surface area contributed by atoms with Crippen molar-refractivity contribution in [2.75, 3.05) is 47.1 Å². The normalized spacial score (nSPS) is 11.6. The van der Waals surface area contributed by atoms with Crippen LogP contribution in [0.3, 0.4) is 0 Å². The summed E-state index contributed by atoms with van der Waals surface area (Å²) in [6.45, 7) is 7.06. The summed E-state index contributed by atoms with van der Waals surface area (Å²) < 4.78 is 42.1. The summed E-state index contributed by atoms with van der Waals surface area (Å²) in [5.74, 6) is -0.992. The third-order valence-electron chi connectivity index (χ3n) is 5.29. The summed E-state index contributed by atoms with van der Waals surface area (Å²) in [4.78, 5) is 24.1. The molecule has 0 bridgehead atoms. The first-order chi connectivity index (χ1) is 18.4. The molecule has 13 nitrogen and oxygen atoms in total. The van der Waals surface area contributed by atoms with Gasteiger partial charge in [-0.15, -0.1) is 5.11 Å². The predicted octanol–water partition coefficient (Wildman–Crippen LogP) is 2.55. The monoisotopic (exact) mass is 561 g/mol. The Balaban J connectivity index is 2.05. The van der Waals surface area contributed by atoms with Crippen molar-refractivity contribution in [3.63, 3.8) is 0 Å². The van der Waals surface area contributed by atoms with Crippen LogP contribution in [0, 0.1) is 18.3 Å². The Morgan fingerprint density at radius 2 is 1.69 bits per heavy atom. The van der Waals surface area contributed by atoms with Crippen molar-refractivity contribution in [3.8, 4) is 11.9 Å². The van der Waals surface area contributed by atoms with E-state index in [-0.39, 0.29) is 61.3 Å². The summed E-state index contributed by atoms with van der Waals surface area (Å²) in [6.07, 6.45) is 0. The van der Waals surface area contributed by atoms with Crippen molar-refractivity contribution in [1.82, 2.24) is 8.87 Å². The standard InChI is InChI=1S/C25H31N5O8S/c1-17(2)25(33)38-15-14-37-13-12-36-11-10-30-23(31)21(16-26)18(3)22(24(30)32)28-27-19-6-8-20(9-7-19)39(34,35)29(4)5/h6-9,32H,1,10-15H2,2-5H3/b28-27+. The first-order valence-corrected chi connectivity index (χ1v) is 13.1. The molecule has 14 heteroatoms. The SMILES string of the molecule is C=C(C)C(=O)OCCOCCOCCn1c(O)c(/N=N/c2ccc(S(=O)(=O)N(C)C)cc2)c(C)c(C#N)c1=O. The summed E-state index contributed by atoms with van der Waals surface area (Å²) in [6, 6.07) is 7.44. The van der Waals surface area contributed by atoms with Crippen LogP contribution in [0.1, 0.15) is 18.1 Å². The lowest BCUT2D eigenvalue weighted by Gasteiger charge is -2.13. The Morgan fingerprint density at radius 1 is 1.10 bits per heavy atom. The third-order valence-corrected chi connectivity index (χ3v) is 7.12. The van der Waals surface area contributed by atoms with E-state index in [1.807, 2.05) is 6.07 Å². The largest absolute Gasteiger partial charge is 0.493 e. The van der Waals surface area contributed by atoms with Crippen LogP contribution < -0.4 is 5.56 Å². The van der Waals surface area contributed by atoms with Gasteiger partial charge in [0.25, 0.3) is 5.56 Å². The molecule has 0 aliphatic heterocycles. The fourth-order valence-corrected chi connectivity index (χ4v) is 3.96. The van der Waals surface area contributed by atoms with E-state index in [1.165, 1.54) is 45.3 Å². The zero-order valence-electron chi connectivity index (χ0n) is 22.2. The fourth-order valence-electron chi connectivity index (χ4n) is 3.06. The maximum Gasteiger partial charge on any atom is 0.333 e. The lowest BCUT2D eigenvalue weighted by Crippen LogP contribution is -2.26. The topological polar surface area (TPSA) is 173 Å². The number of sulfonamides is 1. The summed E-state index contributed by atoms with van der Waals surface area (Å²) in [5, 5.41) is 28.3. The molecule has 0 spiro atoms. The van der Waals surface area contributed by atoms with Gasteiger partial charge >= 0.3 is 5.97 Å². The highest BCUT2D eigenvalue weighted by Gasteiger charge is 2.20. The zero-order chi connectivity index (χ0) is 29.2. The Bertz CT molecular complexity index is 1420. The molecule has 0 radical (unpaired) electrons. The van der Waals surface area contributed by atoms with Gasteiger partial charge in [0.05, 0.1) is 43.6 Å². The smallest absolute Gasteiger partial charge is 0.333 e.